The van der Waals surface area contributed by atoms with E-state index in [-0.39, 0.29) is 23.5 Å². The molecular formula is C25H24FN7O3. The van der Waals surface area contributed by atoms with Crippen molar-refractivity contribution in [1.82, 2.24) is 24.5 Å². The quantitative estimate of drug-likeness (QED) is 0.428. The normalized spacial score (nSPS) is 16.1. The van der Waals surface area contributed by atoms with Crippen LogP contribution in [0.5, 0.6) is 0 Å². The van der Waals surface area contributed by atoms with Gasteiger partial charge in [0, 0.05) is 18.7 Å². The molecule has 0 unspecified atom stereocenters. The molecule has 0 bridgehead atoms. The number of imidazole rings is 2. The van der Waals surface area contributed by atoms with Gasteiger partial charge in [-0.15, -0.1) is 0 Å². The Hall–Kier alpha value is -4.09. The molecule has 2 N–H and O–H groups in total. The summed E-state index contributed by atoms with van der Waals surface area (Å²) in [6.07, 6.45) is 4.95. The number of pyridine rings is 1. The molecule has 0 radical (unpaired) electrons. The van der Waals surface area contributed by atoms with Crippen molar-refractivity contribution in [2.24, 2.45) is 0 Å². The Kier molecular flexibility index (Phi) is 5.91. The molecule has 3 aromatic heterocycles. The first-order valence-electron chi connectivity index (χ1n) is 11.7. The van der Waals surface area contributed by atoms with Crippen LogP contribution in [0.25, 0.3) is 22.8 Å². The van der Waals surface area contributed by atoms with Gasteiger partial charge in [0.25, 0.3) is 5.91 Å². The van der Waals surface area contributed by atoms with Crippen LogP contribution in [0.3, 0.4) is 0 Å². The number of nitrogens with one attached hydrogen (secondary N) is 2. The molecule has 0 saturated carbocycles. The summed E-state index contributed by atoms with van der Waals surface area (Å²) in [7, 11) is 0. The van der Waals surface area contributed by atoms with E-state index in [1.807, 2.05) is 10.6 Å². The molecule has 11 heteroatoms. The number of carbonyl (C=O) groups excluding carboxylic acids is 1. The van der Waals surface area contributed by atoms with Crippen molar-refractivity contribution in [3.8, 4) is 22.8 Å². The Morgan fingerprint density at radius 3 is 2.50 bits per heavy atom. The van der Waals surface area contributed by atoms with Crippen molar-refractivity contribution in [2.45, 2.75) is 6.04 Å². The molecule has 0 aliphatic carbocycles. The highest BCUT2D eigenvalue weighted by Crippen LogP contribution is 2.33. The number of halogens is 1. The summed E-state index contributed by atoms with van der Waals surface area (Å²) < 4.78 is 26.2. The van der Waals surface area contributed by atoms with E-state index in [1.165, 1.54) is 18.3 Å². The van der Waals surface area contributed by atoms with Gasteiger partial charge < -0.3 is 29.2 Å². The molecule has 184 valence electrons. The van der Waals surface area contributed by atoms with Crippen molar-refractivity contribution >= 4 is 17.4 Å². The second-order valence-corrected chi connectivity index (χ2v) is 8.65. The van der Waals surface area contributed by atoms with Crippen molar-refractivity contribution in [2.75, 3.05) is 49.7 Å². The standard InChI is InChI=1S/C25H24FN7O3/c26-17-3-1-16(2-4-17)22-23(33(15-29-22)19-13-36-14-19)24-28-12-20(30-24)25(34)31-21-6-5-18(11-27-21)32-7-9-35-10-8-32/h1-6,11-12,15,19H,7-10,13-14H2,(H,28,30)(H,27,31,34). The van der Waals surface area contributed by atoms with Gasteiger partial charge in [0.2, 0.25) is 0 Å². The maximum Gasteiger partial charge on any atom is 0.274 e. The van der Waals surface area contributed by atoms with Gasteiger partial charge in [0.05, 0.1) is 62.6 Å². The predicted molar refractivity (Wildman–Crippen MR) is 130 cm³/mol. The third-order valence-corrected chi connectivity index (χ3v) is 6.34. The highest BCUT2D eigenvalue weighted by atomic mass is 19.1. The van der Waals surface area contributed by atoms with Gasteiger partial charge in [0.15, 0.2) is 5.82 Å². The van der Waals surface area contributed by atoms with Gasteiger partial charge in [-0.2, -0.15) is 0 Å². The Bertz CT molecular complexity index is 1360. The molecule has 2 fully saturated rings. The highest BCUT2D eigenvalue weighted by molar-refractivity contribution is 6.02. The molecule has 5 heterocycles. The number of ether oxygens (including phenoxy) is 2. The SMILES string of the molecule is O=C(Nc1ccc(N2CCOCC2)cn1)c1cnc(-c2c(-c3ccc(F)cc3)ncn2C2COC2)[nH]1. The molecule has 2 aliphatic rings. The lowest BCUT2D eigenvalue weighted by atomic mass is 10.1. The van der Waals surface area contributed by atoms with Crippen molar-refractivity contribution < 1.29 is 18.7 Å². The van der Waals surface area contributed by atoms with Gasteiger partial charge in [-0.3, -0.25) is 4.79 Å². The summed E-state index contributed by atoms with van der Waals surface area (Å²) in [5.74, 6) is 0.244. The number of amides is 1. The molecular weight excluding hydrogens is 465 g/mol. The first kappa shape index (κ1) is 22.4. The number of nitrogens with zero attached hydrogens (tertiary/aromatic N) is 5. The third-order valence-electron chi connectivity index (χ3n) is 6.34. The van der Waals surface area contributed by atoms with Crippen LogP contribution >= 0.6 is 0 Å². The van der Waals surface area contributed by atoms with E-state index in [0.29, 0.717) is 49.5 Å². The minimum atomic E-state index is -0.359. The average molecular weight is 490 g/mol. The first-order valence-corrected chi connectivity index (χ1v) is 11.7. The van der Waals surface area contributed by atoms with Crippen LogP contribution in [0, 0.1) is 5.82 Å². The number of carbonyl (C=O) groups is 1. The zero-order valence-electron chi connectivity index (χ0n) is 19.4. The van der Waals surface area contributed by atoms with Crippen molar-refractivity contribution in [3.05, 3.63) is 66.6 Å². The topological polar surface area (TPSA) is 110 Å². The van der Waals surface area contributed by atoms with Crippen LogP contribution < -0.4 is 10.2 Å². The van der Waals surface area contributed by atoms with Crippen LogP contribution in [0.1, 0.15) is 16.5 Å². The van der Waals surface area contributed by atoms with Crippen molar-refractivity contribution in [1.29, 1.82) is 0 Å². The van der Waals surface area contributed by atoms with Crippen LogP contribution in [-0.2, 0) is 9.47 Å². The number of anilines is 2. The van der Waals surface area contributed by atoms with Gasteiger partial charge >= 0.3 is 0 Å². The molecule has 2 aliphatic heterocycles. The Balaban J connectivity index is 1.23. The minimum absolute atomic E-state index is 0.109. The average Bonchev–Trinajstić information content (AvgIpc) is 3.52. The second-order valence-electron chi connectivity index (χ2n) is 8.65. The fourth-order valence-corrected chi connectivity index (χ4v) is 4.28. The van der Waals surface area contributed by atoms with Gasteiger partial charge in [-0.1, -0.05) is 0 Å². The summed E-state index contributed by atoms with van der Waals surface area (Å²) >= 11 is 0. The number of hydrogen-bond acceptors (Lipinski definition) is 7. The van der Waals surface area contributed by atoms with Gasteiger partial charge in [0.1, 0.15) is 23.0 Å². The van der Waals surface area contributed by atoms with E-state index in [9.17, 15) is 9.18 Å². The third kappa shape index (κ3) is 4.34. The fourth-order valence-electron chi connectivity index (χ4n) is 4.28. The Labute approximate surface area is 206 Å². The smallest absolute Gasteiger partial charge is 0.274 e. The van der Waals surface area contributed by atoms with E-state index in [1.54, 1.807) is 30.7 Å². The zero-order chi connectivity index (χ0) is 24.5. The van der Waals surface area contributed by atoms with Gasteiger partial charge in [-0.05, 0) is 36.4 Å². The number of rotatable bonds is 6. The number of morpholine rings is 1. The zero-order valence-corrected chi connectivity index (χ0v) is 19.4. The predicted octanol–water partition coefficient (Wildman–Crippen LogP) is 3.13. The van der Waals surface area contributed by atoms with Crippen LogP contribution in [-0.4, -0.2) is 69.9 Å². The molecule has 0 atom stereocenters. The Morgan fingerprint density at radius 1 is 1.00 bits per heavy atom. The van der Waals surface area contributed by atoms with Crippen LogP contribution in [0.4, 0.5) is 15.9 Å². The van der Waals surface area contributed by atoms with Crippen LogP contribution in [0.15, 0.2) is 55.1 Å². The monoisotopic (exact) mass is 489 g/mol. The minimum Gasteiger partial charge on any atom is -0.378 e. The Morgan fingerprint density at radius 2 is 1.81 bits per heavy atom. The highest BCUT2D eigenvalue weighted by Gasteiger charge is 2.27. The maximum absolute atomic E-state index is 13.5. The molecule has 36 heavy (non-hydrogen) atoms. The summed E-state index contributed by atoms with van der Waals surface area (Å²) in [6.45, 7) is 4.13. The van der Waals surface area contributed by atoms with E-state index < -0.39 is 0 Å². The molecule has 6 rings (SSSR count). The number of hydrogen-bond donors (Lipinski definition) is 2. The van der Waals surface area contributed by atoms with E-state index in [2.05, 4.69) is 30.2 Å². The van der Waals surface area contributed by atoms with Gasteiger partial charge in [-0.25, -0.2) is 19.3 Å². The fraction of sp³-hybridized carbons (Fsp3) is 0.280. The number of benzene rings is 1. The van der Waals surface area contributed by atoms with Crippen molar-refractivity contribution in [3.63, 3.8) is 0 Å². The maximum atomic E-state index is 13.5. The number of aromatic nitrogens is 5. The molecule has 4 aromatic rings. The molecule has 0 spiro atoms. The molecule has 1 amide bonds. The lowest BCUT2D eigenvalue weighted by Gasteiger charge is -2.28. The number of aromatic amines is 1. The summed E-state index contributed by atoms with van der Waals surface area (Å²) in [4.78, 5) is 31.7. The lowest BCUT2D eigenvalue weighted by Crippen LogP contribution is -2.36. The van der Waals surface area contributed by atoms with E-state index >= 15 is 0 Å². The molecule has 2 saturated heterocycles. The molecule has 10 nitrogen and oxygen atoms in total. The lowest BCUT2D eigenvalue weighted by molar-refractivity contribution is -0.0227. The van der Waals surface area contributed by atoms with E-state index in [4.69, 9.17) is 9.47 Å². The summed E-state index contributed by atoms with van der Waals surface area (Å²) in [5, 5.41) is 2.81. The van der Waals surface area contributed by atoms with Crippen LogP contribution in [0.2, 0.25) is 0 Å². The second kappa shape index (κ2) is 9.51. The summed E-state index contributed by atoms with van der Waals surface area (Å²) in [5.41, 5.74) is 3.37. The largest absolute Gasteiger partial charge is 0.378 e. The van der Waals surface area contributed by atoms with E-state index in [0.717, 1.165) is 24.3 Å². The molecule has 1 aromatic carbocycles. The first-order chi connectivity index (χ1) is 17.7. The summed E-state index contributed by atoms with van der Waals surface area (Å²) in [6, 6.07) is 9.94. The number of H-pyrrole nitrogens is 1.